The molecule has 0 saturated carbocycles. The highest BCUT2D eigenvalue weighted by atomic mass is 35.5. The normalized spacial score (nSPS) is 12.3. The number of β-amino-alcohol motifs (C(OH)–C–C–N with tert-alkyl or cyclic N) is 1. The molecule has 0 saturated heterocycles. The van der Waals surface area contributed by atoms with E-state index in [1.807, 2.05) is 38.1 Å². The molecule has 0 heterocycles. The number of carbonyl (C=O) groups excluding carboxylic acids is 1. The van der Waals surface area contributed by atoms with Crippen molar-refractivity contribution in [2.75, 3.05) is 33.4 Å². The van der Waals surface area contributed by atoms with Gasteiger partial charge in [0, 0.05) is 25.2 Å². The van der Waals surface area contributed by atoms with E-state index in [0.717, 1.165) is 25.0 Å². The molecule has 0 bridgehead atoms. The smallest absolute Gasteiger partial charge is 0.255 e. The number of halogens is 2. The quantitative estimate of drug-likeness (QED) is 0.335. The first kappa shape index (κ1) is 29.2. The molecule has 2 rings (SSSR count). The number of nitrogens with one attached hydrogen (secondary N) is 1. The van der Waals surface area contributed by atoms with E-state index in [2.05, 4.69) is 19.2 Å². The summed E-state index contributed by atoms with van der Waals surface area (Å²) in [6.07, 6.45) is 1.75. The molecule has 0 aromatic heterocycles. The molecule has 1 amide bonds. The Balaban J connectivity index is 1.92. The third-order valence-electron chi connectivity index (χ3n) is 5.60. The Morgan fingerprint density at radius 2 is 1.69 bits per heavy atom. The summed E-state index contributed by atoms with van der Waals surface area (Å²) < 4.78 is 10.9. The van der Waals surface area contributed by atoms with Gasteiger partial charge >= 0.3 is 0 Å². The first-order valence-corrected chi connectivity index (χ1v) is 12.8. The van der Waals surface area contributed by atoms with Gasteiger partial charge in [-0.2, -0.15) is 0 Å². The number of amides is 1. The zero-order chi connectivity index (χ0) is 26.0. The summed E-state index contributed by atoms with van der Waals surface area (Å²) in [5, 5.41) is 14.2. The summed E-state index contributed by atoms with van der Waals surface area (Å²) in [6.45, 7) is 9.92. The van der Waals surface area contributed by atoms with Crippen molar-refractivity contribution in [3.63, 3.8) is 0 Å². The molecule has 0 aliphatic carbocycles. The standard InChI is InChI=1S/C27H38Cl2N2O4/c1-6-14-31(15-7-2)26(33)22-12-13-23(25(29)24(22)28)35-18-20(32)17-30-27(3,4)16-19-8-10-21(34-5)11-9-19/h8-13,20,30,32H,6-7,14-18H2,1-5H3. The van der Waals surface area contributed by atoms with Crippen LogP contribution in [0.1, 0.15) is 56.5 Å². The van der Waals surface area contributed by atoms with E-state index in [1.165, 1.54) is 5.56 Å². The monoisotopic (exact) mass is 524 g/mol. The van der Waals surface area contributed by atoms with Gasteiger partial charge in [0.15, 0.2) is 0 Å². The van der Waals surface area contributed by atoms with Crippen LogP contribution in [-0.4, -0.2) is 60.9 Å². The Hall–Kier alpha value is -1.99. The predicted octanol–water partition coefficient (Wildman–Crippen LogP) is 5.61. The van der Waals surface area contributed by atoms with Crippen molar-refractivity contribution in [3.8, 4) is 11.5 Å². The number of ether oxygens (including phenoxy) is 2. The van der Waals surface area contributed by atoms with Crippen LogP contribution in [-0.2, 0) is 6.42 Å². The number of hydrogen-bond donors (Lipinski definition) is 2. The number of benzene rings is 2. The lowest BCUT2D eigenvalue weighted by Crippen LogP contribution is -2.46. The van der Waals surface area contributed by atoms with E-state index in [9.17, 15) is 9.90 Å². The van der Waals surface area contributed by atoms with E-state index in [4.69, 9.17) is 32.7 Å². The Morgan fingerprint density at radius 1 is 1.06 bits per heavy atom. The Kier molecular flexibility index (Phi) is 11.6. The fraction of sp³-hybridized carbons (Fsp3) is 0.519. The molecule has 35 heavy (non-hydrogen) atoms. The van der Waals surface area contributed by atoms with E-state index in [0.29, 0.717) is 30.9 Å². The lowest BCUT2D eigenvalue weighted by Gasteiger charge is -2.28. The minimum Gasteiger partial charge on any atom is -0.497 e. The minimum atomic E-state index is -0.758. The van der Waals surface area contributed by atoms with Crippen LogP contribution < -0.4 is 14.8 Å². The Labute approximate surface area is 219 Å². The summed E-state index contributed by atoms with van der Waals surface area (Å²) >= 11 is 12.8. The number of rotatable bonds is 14. The molecule has 2 aromatic carbocycles. The van der Waals surface area contributed by atoms with Crippen LogP contribution in [0, 0.1) is 0 Å². The molecular weight excluding hydrogens is 487 g/mol. The number of carbonyl (C=O) groups is 1. The molecule has 2 aromatic rings. The van der Waals surface area contributed by atoms with Crippen LogP contribution in [0.4, 0.5) is 0 Å². The first-order valence-electron chi connectivity index (χ1n) is 12.1. The van der Waals surface area contributed by atoms with Crippen molar-refractivity contribution in [1.82, 2.24) is 10.2 Å². The summed E-state index contributed by atoms with van der Waals surface area (Å²) in [4.78, 5) is 14.7. The third kappa shape index (κ3) is 8.87. The summed E-state index contributed by atoms with van der Waals surface area (Å²) in [7, 11) is 1.65. The molecular formula is C27H38Cl2N2O4. The predicted molar refractivity (Wildman–Crippen MR) is 143 cm³/mol. The molecule has 1 atom stereocenters. The second-order valence-electron chi connectivity index (χ2n) is 9.29. The van der Waals surface area contributed by atoms with Gasteiger partial charge in [-0.05, 0) is 62.9 Å². The zero-order valence-corrected chi connectivity index (χ0v) is 22.9. The van der Waals surface area contributed by atoms with E-state index in [1.54, 1.807) is 24.1 Å². The summed E-state index contributed by atoms with van der Waals surface area (Å²) in [6, 6.07) is 11.2. The van der Waals surface area contributed by atoms with Gasteiger partial charge in [0.1, 0.15) is 29.2 Å². The average Bonchev–Trinajstić information content (AvgIpc) is 2.83. The number of aliphatic hydroxyl groups excluding tert-OH is 1. The van der Waals surface area contributed by atoms with Crippen LogP contribution in [0.25, 0.3) is 0 Å². The maximum Gasteiger partial charge on any atom is 0.255 e. The molecule has 1 unspecified atom stereocenters. The van der Waals surface area contributed by atoms with Crippen molar-refractivity contribution in [2.24, 2.45) is 0 Å². The zero-order valence-electron chi connectivity index (χ0n) is 21.4. The largest absolute Gasteiger partial charge is 0.497 e. The van der Waals surface area contributed by atoms with Crippen molar-refractivity contribution in [1.29, 1.82) is 0 Å². The summed E-state index contributed by atoms with van der Waals surface area (Å²) in [5.74, 6) is 1.01. The van der Waals surface area contributed by atoms with Gasteiger partial charge in [-0.3, -0.25) is 4.79 Å². The number of methoxy groups -OCH3 is 1. The highest BCUT2D eigenvalue weighted by Crippen LogP contribution is 2.35. The molecule has 0 aliphatic heterocycles. The number of aliphatic hydroxyl groups is 1. The van der Waals surface area contributed by atoms with Gasteiger partial charge in [0.2, 0.25) is 0 Å². The van der Waals surface area contributed by atoms with Gasteiger partial charge in [-0.15, -0.1) is 0 Å². The molecule has 194 valence electrons. The summed E-state index contributed by atoms with van der Waals surface area (Å²) in [5.41, 5.74) is 1.29. The van der Waals surface area contributed by atoms with E-state index in [-0.39, 0.29) is 28.1 Å². The SMILES string of the molecule is CCCN(CCC)C(=O)c1ccc(OCC(O)CNC(C)(C)Cc2ccc(OC)cc2)c(Cl)c1Cl. The minimum absolute atomic E-state index is 0.0345. The molecule has 0 spiro atoms. The van der Waals surface area contributed by atoms with Crippen LogP contribution in [0.15, 0.2) is 36.4 Å². The van der Waals surface area contributed by atoms with Crippen molar-refractivity contribution >= 4 is 29.1 Å². The van der Waals surface area contributed by atoms with Gasteiger partial charge in [0.05, 0.1) is 17.7 Å². The molecule has 0 radical (unpaired) electrons. The molecule has 2 N–H and O–H groups in total. The first-order chi connectivity index (χ1) is 16.6. The van der Waals surface area contributed by atoms with E-state index < -0.39 is 6.10 Å². The van der Waals surface area contributed by atoms with Crippen LogP contribution in [0.2, 0.25) is 10.0 Å². The molecule has 8 heteroatoms. The Morgan fingerprint density at radius 3 is 2.26 bits per heavy atom. The maximum atomic E-state index is 12.9. The third-order valence-corrected chi connectivity index (χ3v) is 6.47. The van der Waals surface area contributed by atoms with E-state index >= 15 is 0 Å². The lowest BCUT2D eigenvalue weighted by molar-refractivity contribution is 0.0755. The van der Waals surface area contributed by atoms with Gasteiger partial charge in [-0.25, -0.2) is 0 Å². The van der Waals surface area contributed by atoms with Crippen LogP contribution >= 0.6 is 23.2 Å². The lowest BCUT2D eigenvalue weighted by atomic mass is 9.94. The maximum absolute atomic E-state index is 12.9. The average molecular weight is 526 g/mol. The van der Waals surface area contributed by atoms with Crippen molar-refractivity contribution < 1.29 is 19.4 Å². The second-order valence-corrected chi connectivity index (χ2v) is 10.0. The number of hydrogen-bond acceptors (Lipinski definition) is 5. The topological polar surface area (TPSA) is 71.0 Å². The van der Waals surface area contributed by atoms with Crippen LogP contribution in [0.5, 0.6) is 11.5 Å². The van der Waals surface area contributed by atoms with Crippen molar-refractivity contribution in [3.05, 3.63) is 57.6 Å². The van der Waals surface area contributed by atoms with Gasteiger partial charge in [0.25, 0.3) is 5.91 Å². The molecule has 6 nitrogen and oxygen atoms in total. The fourth-order valence-corrected chi connectivity index (χ4v) is 4.24. The Bertz CT molecular complexity index is 945. The second kappa shape index (κ2) is 13.9. The van der Waals surface area contributed by atoms with Gasteiger partial charge in [-0.1, -0.05) is 49.2 Å². The fourth-order valence-electron chi connectivity index (χ4n) is 3.79. The molecule has 0 fully saturated rings. The highest BCUT2D eigenvalue weighted by Gasteiger charge is 2.22. The highest BCUT2D eigenvalue weighted by molar-refractivity contribution is 6.44. The van der Waals surface area contributed by atoms with Crippen molar-refractivity contribution in [2.45, 2.75) is 58.6 Å². The van der Waals surface area contributed by atoms with Gasteiger partial charge < -0.3 is 24.8 Å². The van der Waals surface area contributed by atoms with Crippen LogP contribution in [0.3, 0.4) is 0 Å². The molecule has 0 aliphatic rings. The number of nitrogens with zero attached hydrogens (tertiary/aromatic N) is 1.